The van der Waals surface area contributed by atoms with Gasteiger partial charge in [-0.2, -0.15) is 0 Å². The summed E-state index contributed by atoms with van der Waals surface area (Å²) in [6, 6.07) is 4.98. The number of nitrogens with zero attached hydrogens (tertiary/aromatic N) is 1. The number of carboxylic acid groups (broad SMARTS) is 1. The lowest BCUT2D eigenvalue weighted by Crippen LogP contribution is -2.40. The highest BCUT2D eigenvalue weighted by Gasteiger charge is 2.13. The molecule has 1 aromatic carbocycles. The molecule has 20 heavy (non-hydrogen) atoms. The quantitative estimate of drug-likeness (QED) is 0.807. The van der Waals surface area contributed by atoms with Gasteiger partial charge in [0.15, 0.2) is 0 Å². The minimum Gasteiger partial charge on any atom is -0.478 e. The van der Waals surface area contributed by atoms with Crippen molar-refractivity contribution < 1.29 is 14.3 Å². The van der Waals surface area contributed by atoms with Crippen LogP contribution in [0.2, 0.25) is 0 Å². The maximum atomic E-state index is 13.5. The molecule has 0 aromatic heterocycles. The molecule has 0 atom stereocenters. The van der Waals surface area contributed by atoms with Crippen LogP contribution in [-0.2, 0) is 0 Å². The number of nitrogens with one attached hydrogen (secondary N) is 1. The van der Waals surface area contributed by atoms with Gasteiger partial charge in [-0.05, 0) is 45.9 Å². The number of anilines is 1. The smallest absolute Gasteiger partial charge is 0.338 e. The van der Waals surface area contributed by atoms with Crippen molar-refractivity contribution in [1.29, 1.82) is 0 Å². The molecule has 0 saturated heterocycles. The Morgan fingerprint density at radius 3 is 2.35 bits per heavy atom. The Morgan fingerprint density at radius 1 is 1.30 bits per heavy atom. The Bertz CT molecular complexity index is 453. The Morgan fingerprint density at radius 2 is 1.90 bits per heavy atom. The van der Waals surface area contributed by atoms with Crippen LogP contribution in [0.4, 0.5) is 10.1 Å². The predicted octanol–water partition coefficient (Wildman–Crippen LogP) is 3.05. The number of benzene rings is 1. The summed E-state index contributed by atoms with van der Waals surface area (Å²) in [5.74, 6) is -1.97. The second-order valence-corrected chi connectivity index (χ2v) is 5.35. The summed E-state index contributed by atoms with van der Waals surface area (Å²) in [6.07, 6.45) is 0. The molecule has 5 heteroatoms. The fraction of sp³-hybridized carbons (Fsp3) is 0.533. The van der Waals surface area contributed by atoms with Crippen molar-refractivity contribution in [1.82, 2.24) is 4.90 Å². The molecule has 0 spiro atoms. The molecule has 4 nitrogen and oxygen atoms in total. The third-order valence-electron chi connectivity index (χ3n) is 3.23. The lowest BCUT2D eigenvalue weighted by Gasteiger charge is -2.30. The van der Waals surface area contributed by atoms with Gasteiger partial charge in [0, 0.05) is 30.9 Å². The van der Waals surface area contributed by atoms with Crippen LogP contribution in [-0.4, -0.2) is 41.1 Å². The van der Waals surface area contributed by atoms with Gasteiger partial charge in [0.1, 0.15) is 5.82 Å². The average Bonchev–Trinajstić information content (AvgIpc) is 2.33. The SMILES string of the molecule is CC(C)N(CCNc1ccc(C(=O)O)c(F)c1)C(C)C. The van der Waals surface area contributed by atoms with Crippen molar-refractivity contribution in [2.24, 2.45) is 0 Å². The van der Waals surface area contributed by atoms with Crippen LogP contribution in [0.5, 0.6) is 0 Å². The maximum absolute atomic E-state index is 13.5. The third-order valence-corrected chi connectivity index (χ3v) is 3.23. The van der Waals surface area contributed by atoms with E-state index in [9.17, 15) is 9.18 Å². The number of carboxylic acids is 1. The van der Waals surface area contributed by atoms with Gasteiger partial charge >= 0.3 is 5.97 Å². The van der Waals surface area contributed by atoms with Crippen molar-refractivity contribution in [3.63, 3.8) is 0 Å². The molecule has 0 saturated carbocycles. The molecule has 0 bridgehead atoms. The second kappa shape index (κ2) is 7.24. The van der Waals surface area contributed by atoms with Crippen molar-refractivity contribution in [3.8, 4) is 0 Å². The highest BCUT2D eigenvalue weighted by Crippen LogP contribution is 2.14. The first-order chi connectivity index (χ1) is 9.32. The molecule has 0 amide bonds. The van der Waals surface area contributed by atoms with E-state index in [1.807, 2.05) is 0 Å². The van der Waals surface area contributed by atoms with E-state index < -0.39 is 11.8 Å². The van der Waals surface area contributed by atoms with Crippen LogP contribution >= 0.6 is 0 Å². The van der Waals surface area contributed by atoms with Crippen LogP contribution in [0.15, 0.2) is 18.2 Å². The van der Waals surface area contributed by atoms with Gasteiger partial charge in [-0.25, -0.2) is 9.18 Å². The Hall–Kier alpha value is -1.62. The third kappa shape index (κ3) is 4.49. The maximum Gasteiger partial charge on any atom is 0.338 e. The first kappa shape index (κ1) is 16.4. The van der Waals surface area contributed by atoms with Crippen LogP contribution in [0, 0.1) is 5.82 Å². The minimum absolute atomic E-state index is 0.304. The molecule has 0 fully saturated rings. The van der Waals surface area contributed by atoms with E-state index in [0.29, 0.717) is 24.3 Å². The van der Waals surface area contributed by atoms with Crippen LogP contribution in [0.25, 0.3) is 0 Å². The van der Waals surface area contributed by atoms with E-state index in [2.05, 4.69) is 37.9 Å². The zero-order chi connectivity index (χ0) is 15.3. The zero-order valence-electron chi connectivity index (χ0n) is 12.5. The van der Waals surface area contributed by atoms with Crippen LogP contribution in [0.1, 0.15) is 38.1 Å². The van der Waals surface area contributed by atoms with E-state index in [1.165, 1.54) is 12.1 Å². The number of carbonyl (C=O) groups is 1. The minimum atomic E-state index is -1.25. The summed E-state index contributed by atoms with van der Waals surface area (Å²) in [5.41, 5.74) is 0.293. The molecule has 1 rings (SSSR count). The molecule has 0 aliphatic carbocycles. The van der Waals surface area contributed by atoms with Gasteiger partial charge in [-0.15, -0.1) is 0 Å². The van der Waals surface area contributed by atoms with E-state index in [0.717, 1.165) is 6.54 Å². The zero-order valence-corrected chi connectivity index (χ0v) is 12.5. The number of aromatic carboxylic acids is 1. The summed E-state index contributed by atoms with van der Waals surface area (Å²) in [7, 11) is 0. The highest BCUT2D eigenvalue weighted by atomic mass is 19.1. The normalized spacial score (nSPS) is 11.4. The van der Waals surface area contributed by atoms with E-state index in [4.69, 9.17) is 5.11 Å². The summed E-state index contributed by atoms with van der Waals surface area (Å²) in [4.78, 5) is 13.0. The van der Waals surface area contributed by atoms with E-state index in [1.54, 1.807) is 6.07 Å². The fourth-order valence-electron chi connectivity index (χ4n) is 2.24. The van der Waals surface area contributed by atoms with Crippen LogP contribution < -0.4 is 5.32 Å². The van der Waals surface area contributed by atoms with Crippen molar-refractivity contribution >= 4 is 11.7 Å². The summed E-state index contributed by atoms with van der Waals surface area (Å²) < 4.78 is 13.5. The summed E-state index contributed by atoms with van der Waals surface area (Å²) in [5, 5.41) is 11.9. The molecule has 0 heterocycles. The van der Waals surface area contributed by atoms with Crippen molar-refractivity contribution in [3.05, 3.63) is 29.6 Å². The van der Waals surface area contributed by atoms with Gasteiger partial charge in [-0.1, -0.05) is 0 Å². The molecule has 0 radical (unpaired) electrons. The van der Waals surface area contributed by atoms with Crippen molar-refractivity contribution in [2.45, 2.75) is 39.8 Å². The fourth-order valence-corrected chi connectivity index (χ4v) is 2.24. The molecular formula is C15H23FN2O2. The highest BCUT2D eigenvalue weighted by molar-refractivity contribution is 5.88. The van der Waals surface area contributed by atoms with Gasteiger partial charge in [0.2, 0.25) is 0 Å². The first-order valence-corrected chi connectivity index (χ1v) is 6.85. The van der Waals surface area contributed by atoms with Gasteiger partial charge in [0.25, 0.3) is 0 Å². The topological polar surface area (TPSA) is 52.6 Å². The molecule has 0 aliphatic rings. The first-order valence-electron chi connectivity index (χ1n) is 6.85. The molecule has 112 valence electrons. The van der Waals surface area contributed by atoms with Gasteiger partial charge in [0.05, 0.1) is 5.56 Å². The van der Waals surface area contributed by atoms with Gasteiger partial charge in [-0.3, -0.25) is 4.90 Å². The number of halogens is 1. The average molecular weight is 282 g/mol. The van der Waals surface area contributed by atoms with Gasteiger partial charge < -0.3 is 10.4 Å². The standard InChI is InChI=1S/C15H23FN2O2/c1-10(2)18(11(3)4)8-7-17-12-5-6-13(15(19)20)14(16)9-12/h5-6,9-11,17H,7-8H2,1-4H3,(H,19,20). The number of hydrogen-bond acceptors (Lipinski definition) is 3. The Kier molecular flexibility index (Phi) is 5.95. The summed E-state index contributed by atoms with van der Waals surface area (Å²) >= 11 is 0. The molecule has 0 unspecified atom stereocenters. The summed E-state index contributed by atoms with van der Waals surface area (Å²) in [6.45, 7) is 10.1. The largest absolute Gasteiger partial charge is 0.478 e. The predicted molar refractivity (Wildman–Crippen MR) is 78.8 cm³/mol. The molecule has 1 aromatic rings. The van der Waals surface area contributed by atoms with Crippen molar-refractivity contribution in [2.75, 3.05) is 18.4 Å². The van der Waals surface area contributed by atoms with E-state index >= 15 is 0 Å². The lowest BCUT2D eigenvalue weighted by molar-refractivity contribution is 0.0692. The number of rotatable bonds is 7. The molecular weight excluding hydrogens is 259 g/mol. The van der Waals surface area contributed by atoms with E-state index in [-0.39, 0.29) is 5.56 Å². The molecule has 0 aliphatic heterocycles. The molecule has 2 N–H and O–H groups in total. The second-order valence-electron chi connectivity index (χ2n) is 5.35. The monoisotopic (exact) mass is 282 g/mol. The lowest BCUT2D eigenvalue weighted by atomic mass is 10.2. The Labute approximate surface area is 119 Å². The van der Waals surface area contributed by atoms with Crippen LogP contribution in [0.3, 0.4) is 0 Å². The number of hydrogen-bond donors (Lipinski definition) is 2. The Balaban J connectivity index is 2.58.